The summed E-state index contributed by atoms with van der Waals surface area (Å²) >= 11 is 3.42. The lowest BCUT2D eigenvalue weighted by molar-refractivity contribution is 0.243. The number of aromatic nitrogens is 1. The molecule has 0 bridgehead atoms. The lowest BCUT2D eigenvalue weighted by Gasteiger charge is -2.15. The summed E-state index contributed by atoms with van der Waals surface area (Å²) in [5.41, 5.74) is 2.12. The standard InChI is InChI=1S/C15H17BrN2O/c1-11(2)19-15-6-4-3-5-14(15)18-9-12-7-13(16)10-17-8-12/h3-8,10-11,18H,9H2,1-2H3. The van der Waals surface area contributed by atoms with Crippen LogP contribution in [-0.4, -0.2) is 11.1 Å². The SMILES string of the molecule is CC(C)Oc1ccccc1NCc1cncc(Br)c1. The van der Waals surface area contributed by atoms with Gasteiger partial charge in [-0.2, -0.15) is 0 Å². The van der Waals surface area contributed by atoms with E-state index in [1.54, 1.807) is 6.20 Å². The van der Waals surface area contributed by atoms with Crippen molar-refractivity contribution in [1.29, 1.82) is 0 Å². The molecule has 1 N–H and O–H groups in total. The molecule has 2 aromatic rings. The highest BCUT2D eigenvalue weighted by Gasteiger charge is 2.04. The van der Waals surface area contributed by atoms with Gasteiger partial charge in [0.2, 0.25) is 0 Å². The van der Waals surface area contributed by atoms with Crippen molar-refractivity contribution in [2.24, 2.45) is 0 Å². The highest BCUT2D eigenvalue weighted by molar-refractivity contribution is 9.10. The second-order valence-corrected chi connectivity index (χ2v) is 5.44. The van der Waals surface area contributed by atoms with Gasteiger partial charge in [-0.15, -0.1) is 0 Å². The van der Waals surface area contributed by atoms with E-state index in [0.717, 1.165) is 21.5 Å². The Morgan fingerprint density at radius 2 is 2.05 bits per heavy atom. The predicted molar refractivity (Wildman–Crippen MR) is 81.5 cm³/mol. The molecule has 0 saturated carbocycles. The van der Waals surface area contributed by atoms with Crippen molar-refractivity contribution in [1.82, 2.24) is 4.98 Å². The largest absolute Gasteiger partial charge is 0.489 e. The zero-order valence-corrected chi connectivity index (χ0v) is 12.6. The smallest absolute Gasteiger partial charge is 0.142 e. The zero-order valence-electron chi connectivity index (χ0n) is 11.1. The second-order valence-electron chi connectivity index (χ2n) is 4.53. The minimum absolute atomic E-state index is 0.162. The van der Waals surface area contributed by atoms with E-state index in [9.17, 15) is 0 Å². The highest BCUT2D eigenvalue weighted by atomic mass is 79.9. The number of halogens is 1. The monoisotopic (exact) mass is 320 g/mol. The predicted octanol–water partition coefficient (Wildman–Crippen LogP) is 4.24. The first kappa shape index (κ1) is 13.9. The second kappa shape index (κ2) is 6.57. The van der Waals surface area contributed by atoms with Gasteiger partial charge in [0.25, 0.3) is 0 Å². The third-order valence-corrected chi connectivity index (χ3v) is 2.93. The molecule has 2 rings (SSSR count). The van der Waals surface area contributed by atoms with Crippen LogP contribution in [0.4, 0.5) is 5.69 Å². The number of para-hydroxylation sites is 2. The number of anilines is 1. The van der Waals surface area contributed by atoms with E-state index in [4.69, 9.17) is 4.74 Å². The maximum absolute atomic E-state index is 5.77. The molecule has 0 radical (unpaired) electrons. The molecule has 1 aromatic carbocycles. The summed E-state index contributed by atoms with van der Waals surface area (Å²) in [5, 5.41) is 3.38. The van der Waals surface area contributed by atoms with Gasteiger partial charge in [0.05, 0.1) is 11.8 Å². The van der Waals surface area contributed by atoms with Crippen LogP contribution in [0.5, 0.6) is 5.75 Å². The van der Waals surface area contributed by atoms with Gasteiger partial charge in [-0.25, -0.2) is 0 Å². The number of nitrogens with one attached hydrogen (secondary N) is 1. The molecular formula is C15H17BrN2O. The molecule has 0 aliphatic rings. The Morgan fingerprint density at radius 1 is 1.26 bits per heavy atom. The van der Waals surface area contributed by atoms with Gasteiger partial charge >= 0.3 is 0 Å². The van der Waals surface area contributed by atoms with Crippen LogP contribution in [-0.2, 0) is 6.54 Å². The van der Waals surface area contributed by atoms with Crippen molar-refractivity contribution >= 4 is 21.6 Å². The fourth-order valence-electron chi connectivity index (χ4n) is 1.72. The molecule has 0 aliphatic heterocycles. The first-order valence-corrected chi connectivity index (χ1v) is 7.03. The van der Waals surface area contributed by atoms with Crippen molar-refractivity contribution in [3.63, 3.8) is 0 Å². The van der Waals surface area contributed by atoms with Gasteiger partial charge in [-0.1, -0.05) is 12.1 Å². The third-order valence-electron chi connectivity index (χ3n) is 2.49. The molecule has 0 unspecified atom stereocenters. The number of nitrogens with zero attached hydrogens (tertiary/aromatic N) is 1. The van der Waals surface area contributed by atoms with Crippen molar-refractivity contribution in [2.45, 2.75) is 26.5 Å². The van der Waals surface area contributed by atoms with E-state index < -0.39 is 0 Å². The number of hydrogen-bond acceptors (Lipinski definition) is 3. The molecule has 0 amide bonds. The quantitative estimate of drug-likeness (QED) is 0.894. The number of benzene rings is 1. The van der Waals surface area contributed by atoms with Gasteiger partial charge in [-0.05, 0) is 53.5 Å². The normalized spacial score (nSPS) is 10.5. The number of ether oxygens (including phenoxy) is 1. The van der Waals surface area contributed by atoms with E-state index in [0.29, 0.717) is 6.54 Å². The summed E-state index contributed by atoms with van der Waals surface area (Å²) in [7, 11) is 0. The van der Waals surface area contributed by atoms with Crippen LogP contribution in [0.25, 0.3) is 0 Å². The fourth-order valence-corrected chi connectivity index (χ4v) is 2.13. The highest BCUT2D eigenvalue weighted by Crippen LogP contribution is 2.25. The van der Waals surface area contributed by atoms with Gasteiger partial charge < -0.3 is 10.1 Å². The summed E-state index contributed by atoms with van der Waals surface area (Å²) < 4.78 is 6.75. The van der Waals surface area contributed by atoms with Crippen LogP contribution in [0.15, 0.2) is 47.2 Å². The zero-order chi connectivity index (χ0) is 13.7. The van der Waals surface area contributed by atoms with Gasteiger partial charge in [-0.3, -0.25) is 4.98 Å². The lowest BCUT2D eigenvalue weighted by atomic mass is 10.2. The molecule has 1 aromatic heterocycles. The topological polar surface area (TPSA) is 34.1 Å². The average molecular weight is 321 g/mol. The maximum atomic E-state index is 5.77. The van der Waals surface area contributed by atoms with Crippen molar-refractivity contribution < 1.29 is 4.74 Å². The van der Waals surface area contributed by atoms with Gasteiger partial charge in [0.15, 0.2) is 0 Å². The van der Waals surface area contributed by atoms with E-state index in [1.807, 2.05) is 50.4 Å². The van der Waals surface area contributed by atoms with Crippen LogP contribution >= 0.6 is 15.9 Å². The van der Waals surface area contributed by atoms with Crippen LogP contribution in [0.2, 0.25) is 0 Å². The van der Waals surface area contributed by atoms with Crippen molar-refractivity contribution in [3.05, 3.63) is 52.8 Å². The summed E-state index contributed by atoms with van der Waals surface area (Å²) in [5.74, 6) is 0.875. The number of pyridine rings is 1. The molecule has 0 saturated heterocycles. The Hall–Kier alpha value is -1.55. The molecular weight excluding hydrogens is 304 g/mol. The van der Waals surface area contributed by atoms with Crippen LogP contribution in [0.3, 0.4) is 0 Å². The molecule has 100 valence electrons. The van der Waals surface area contributed by atoms with Crippen molar-refractivity contribution in [2.75, 3.05) is 5.32 Å². The Kier molecular flexibility index (Phi) is 4.80. The van der Waals surface area contributed by atoms with Crippen LogP contribution in [0.1, 0.15) is 19.4 Å². The van der Waals surface area contributed by atoms with E-state index in [2.05, 4.69) is 26.2 Å². The summed E-state index contributed by atoms with van der Waals surface area (Å²) in [4.78, 5) is 4.15. The fraction of sp³-hybridized carbons (Fsp3) is 0.267. The third kappa shape index (κ3) is 4.24. The molecule has 0 fully saturated rings. The molecule has 3 nitrogen and oxygen atoms in total. The Bertz CT molecular complexity index is 543. The number of hydrogen-bond donors (Lipinski definition) is 1. The molecule has 0 spiro atoms. The van der Waals surface area contributed by atoms with Gasteiger partial charge in [0.1, 0.15) is 5.75 Å². The Morgan fingerprint density at radius 3 is 2.79 bits per heavy atom. The van der Waals surface area contributed by atoms with Crippen LogP contribution < -0.4 is 10.1 Å². The first-order chi connectivity index (χ1) is 9.15. The minimum atomic E-state index is 0.162. The maximum Gasteiger partial charge on any atom is 0.142 e. The first-order valence-electron chi connectivity index (χ1n) is 6.24. The van der Waals surface area contributed by atoms with E-state index in [-0.39, 0.29) is 6.10 Å². The molecule has 1 heterocycles. The van der Waals surface area contributed by atoms with Crippen LogP contribution in [0, 0.1) is 0 Å². The molecule has 0 atom stereocenters. The molecule has 0 aliphatic carbocycles. The summed E-state index contributed by atoms with van der Waals surface area (Å²) in [6.45, 7) is 4.76. The van der Waals surface area contributed by atoms with E-state index >= 15 is 0 Å². The Labute approximate surface area is 122 Å². The molecule has 19 heavy (non-hydrogen) atoms. The molecule has 4 heteroatoms. The van der Waals surface area contributed by atoms with Crippen molar-refractivity contribution in [3.8, 4) is 5.75 Å². The summed E-state index contributed by atoms with van der Waals surface area (Å²) in [6.07, 6.45) is 3.79. The van der Waals surface area contributed by atoms with Gasteiger partial charge in [0, 0.05) is 23.4 Å². The summed E-state index contributed by atoms with van der Waals surface area (Å²) in [6, 6.07) is 10.0. The lowest BCUT2D eigenvalue weighted by Crippen LogP contribution is -2.08. The Balaban J connectivity index is 2.07. The minimum Gasteiger partial charge on any atom is -0.489 e. The van der Waals surface area contributed by atoms with E-state index in [1.165, 1.54) is 0 Å². The number of rotatable bonds is 5. The average Bonchev–Trinajstić information content (AvgIpc) is 2.37.